The molecular formula is C23H22ClN3O5S. The van der Waals surface area contributed by atoms with Gasteiger partial charge in [0.05, 0.1) is 22.7 Å². The van der Waals surface area contributed by atoms with Crippen LogP contribution in [0.5, 0.6) is 5.75 Å². The van der Waals surface area contributed by atoms with Gasteiger partial charge in [0.2, 0.25) is 5.91 Å². The third-order valence-corrected chi connectivity index (χ3v) is 6.80. The van der Waals surface area contributed by atoms with E-state index in [4.69, 9.17) is 20.9 Å². The molecule has 33 heavy (non-hydrogen) atoms. The summed E-state index contributed by atoms with van der Waals surface area (Å²) >= 11 is 6.07. The summed E-state index contributed by atoms with van der Waals surface area (Å²) in [6, 6.07) is 10.9. The molecule has 0 bridgehead atoms. The zero-order valence-electron chi connectivity index (χ0n) is 18.0. The molecule has 10 heteroatoms. The summed E-state index contributed by atoms with van der Waals surface area (Å²) in [6.07, 6.45) is 5.23. The number of hydrogen-bond donors (Lipinski definition) is 2. The van der Waals surface area contributed by atoms with Gasteiger partial charge in [-0.3, -0.25) is 9.52 Å². The second kappa shape index (κ2) is 9.29. The summed E-state index contributed by atoms with van der Waals surface area (Å²) in [5, 5.41) is 7.09. The number of halogens is 1. The largest absolute Gasteiger partial charge is 0.495 e. The molecule has 1 heterocycles. The van der Waals surface area contributed by atoms with Gasteiger partial charge >= 0.3 is 0 Å². The lowest BCUT2D eigenvalue weighted by molar-refractivity contribution is -0.117. The van der Waals surface area contributed by atoms with Crippen LogP contribution in [0.15, 0.2) is 51.9 Å². The number of carbonyl (C=O) groups excluding carboxylic acids is 1. The summed E-state index contributed by atoms with van der Waals surface area (Å²) < 4.78 is 38.3. The van der Waals surface area contributed by atoms with Crippen molar-refractivity contribution >= 4 is 51.1 Å². The van der Waals surface area contributed by atoms with E-state index >= 15 is 0 Å². The number of amides is 1. The Bertz CT molecular complexity index is 1310. The number of nitrogens with zero attached hydrogens (tertiary/aromatic N) is 1. The second-order valence-electron chi connectivity index (χ2n) is 7.63. The molecule has 8 nitrogen and oxygen atoms in total. The van der Waals surface area contributed by atoms with Gasteiger partial charge in [-0.2, -0.15) is 0 Å². The van der Waals surface area contributed by atoms with Crippen molar-refractivity contribution < 1.29 is 22.5 Å². The number of ether oxygens (including phenoxy) is 1. The molecule has 0 unspecified atom stereocenters. The molecule has 0 atom stereocenters. The van der Waals surface area contributed by atoms with Crippen molar-refractivity contribution in [1.82, 2.24) is 5.16 Å². The lowest BCUT2D eigenvalue weighted by atomic mass is 10.2. The lowest BCUT2D eigenvalue weighted by Crippen LogP contribution is -2.14. The lowest BCUT2D eigenvalue weighted by Gasteiger charge is -2.10. The van der Waals surface area contributed by atoms with Crippen molar-refractivity contribution in [3.05, 3.63) is 64.5 Å². The van der Waals surface area contributed by atoms with Crippen LogP contribution in [-0.4, -0.2) is 26.6 Å². The molecule has 0 aliphatic heterocycles. The average Bonchev–Trinajstić information content (AvgIpc) is 3.58. The van der Waals surface area contributed by atoms with E-state index in [2.05, 4.69) is 15.2 Å². The number of anilines is 2. The van der Waals surface area contributed by atoms with Crippen molar-refractivity contribution in [1.29, 1.82) is 0 Å². The Balaban J connectivity index is 1.46. The van der Waals surface area contributed by atoms with E-state index in [1.54, 1.807) is 43.3 Å². The molecule has 1 aromatic heterocycles. The first kappa shape index (κ1) is 22.9. The fourth-order valence-corrected chi connectivity index (χ4v) is 4.40. The van der Waals surface area contributed by atoms with Crippen LogP contribution in [-0.2, 0) is 14.8 Å². The van der Waals surface area contributed by atoms with Crippen LogP contribution in [0.3, 0.4) is 0 Å². The molecule has 2 aromatic carbocycles. The van der Waals surface area contributed by atoms with Crippen LogP contribution < -0.4 is 14.8 Å². The Hall–Kier alpha value is -3.30. The Kier molecular flexibility index (Phi) is 6.44. The highest BCUT2D eigenvalue weighted by Gasteiger charge is 2.30. The number of hydrogen-bond acceptors (Lipinski definition) is 6. The molecule has 4 rings (SSSR count). The molecule has 0 spiro atoms. The minimum atomic E-state index is -3.80. The van der Waals surface area contributed by atoms with Crippen LogP contribution in [0.25, 0.3) is 12.2 Å². The van der Waals surface area contributed by atoms with Gasteiger partial charge < -0.3 is 14.6 Å². The highest BCUT2D eigenvalue weighted by Crippen LogP contribution is 2.32. The van der Waals surface area contributed by atoms with Crippen LogP contribution in [0.4, 0.5) is 11.4 Å². The standard InChI is InChI=1S/C23H22ClN3O5S/c1-14-22(25-23(28)16-6-7-16)21(32-26-14)11-5-15-3-9-18(10-4-15)33(29,30)27-17-8-12-20(31-2)19(24)13-17/h3-5,8-13,16,27H,6-7H2,1-2H3,(H,25,28). The SMILES string of the molecule is COc1ccc(NS(=O)(=O)c2ccc(C=Cc3onc(C)c3NC(=O)C3CC3)cc2)cc1Cl. The van der Waals surface area contributed by atoms with Gasteiger partial charge in [0.1, 0.15) is 17.1 Å². The average molecular weight is 488 g/mol. The van der Waals surface area contributed by atoms with Crippen molar-refractivity contribution in [2.45, 2.75) is 24.7 Å². The number of rotatable bonds is 8. The Morgan fingerprint density at radius 3 is 2.55 bits per heavy atom. The van der Waals surface area contributed by atoms with E-state index in [9.17, 15) is 13.2 Å². The molecule has 0 saturated heterocycles. The number of methoxy groups -OCH3 is 1. The molecule has 0 radical (unpaired) electrons. The molecule has 1 aliphatic carbocycles. The fraction of sp³-hybridized carbons (Fsp3) is 0.217. The third kappa shape index (κ3) is 5.37. The van der Waals surface area contributed by atoms with Crippen molar-refractivity contribution in [2.24, 2.45) is 5.92 Å². The number of benzene rings is 2. The van der Waals surface area contributed by atoms with Crippen LogP contribution in [0, 0.1) is 12.8 Å². The maximum atomic E-state index is 12.7. The summed E-state index contributed by atoms with van der Waals surface area (Å²) in [7, 11) is -2.32. The van der Waals surface area contributed by atoms with E-state index in [1.807, 2.05) is 0 Å². The quantitative estimate of drug-likeness (QED) is 0.464. The van der Waals surface area contributed by atoms with E-state index in [-0.39, 0.29) is 16.7 Å². The molecule has 3 aromatic rings. The monoisotopic (exact) mass is 487 g/mol. The normalized spacial score (nSPS) is 13.8. The molecule has 1 fully saturated rings. The van der Waals surface area contributed by atoms with Gasteiger partial charge in [-0.15, -0.1) is 0 Å². The van der Waals surface area contributed by atoms with Crippen LogP contribution in [0.1, 0.15) is 29.9 Å². The van der Waals surface area contributed by atoms with Gasteiger partial charge in [0, 0.05) is 5.92 Å². The van der Waals surface area contributed by atoms with Crippen molar-refractivity contribution in [3.8, 4) is 5.75 Å². The van der Waals surface area contributed by atoms with E-state index in [1.165, 1.54) is 25.3 Å². The maximum Gasteiger partial charge on any atom is 0.261 e. The molecule has 1 aliphatic rings. The van der Waals surface area contributed by atoms with E-state index in [0.29, 0.717) is 33.6 Å². The smallest absolute Gasteiger partial charge is 0.261 e. The zero-order valence-corrected chi connectivity index (χ0v) is 19.5. The zero-order chi connectivity index (χ0) is 23.6. The highest BCUT2D eigenvalue weighted by atomic mass is 35.5. The van der Waals surface area contributed by atoms with E-state index < -0.39 is 10.0 Å². The molecule has 1 saturated carbocycles. The molecule has 172 valence electrons. The first-order chi connectivity index (χ1) is 15.8. The summed E-state index contributed by atoms with van der Waals surface area (Å²) in [5.41, 5.74) is 2.21. The Morgan fingerprint density at radius 2 is 1.91 bits per heavy atom. The maximum absolute atomic E-state index is 12.7. The van der Waals surface area contributed by atoms with Gasteiger partial charge in [-0.25, -0.2) is 8.42 Å². The van der Waals surface area contributed by atoms with Gasteiger partial charge in [-0.1, -0.05) is 35.0 Å². The summed E-state index contributed by atoms with van der Waals surface area (Å²) in [5.74, 6) is 0.911. The number of nitrogens with one attached hydrogen (secondary N) is 2. The van der Waals surface area contributed by atoms with E-state index in [0.717, 1.165) is 18.4 Å². The van der Waals surface area contributed by atoms with Crippen LogP contribution in [0.2, 0.25) is 5.02 Å². The number of sulfonamides is 1. The van der Waals surface area contributed by atoms with Crippen molar-refractivity contribution in [2.75, 3.05) is 17.1 Å². The molecule has 2 N–H and O–H groups in total. The summed E-state index contributed by atoms with van der Waals surface area (Å²) in [6.45, 7) is 1.76. The fourth-order valence-electron chi connectivity index (χ4n) is 3.10. The minimum Gasteiger partial charge on any atom is -0.495 e. The van der Waals surface area contributed by atoms with Crippen LogP contribution >= 0.6 is 11.6 Å². The van der Waals surface area contributed by atoms with Gasteiger partial charge in [0.15, 0.2) is 5.76 Å². The second-order valence-corrected chi connectivity index (χ2v) is 9.72. The number of aromatic nitrogens is 1. The number of aryl methyl sites for hydroxylation is 1. The third-order valence-electron chi connectivity index (χ3n) is 5.11. The Labute approximate surface area is 196 Å². The topological polar surface area (TPSA) is 111 Å². The molecule has 1 amide bonds. The Morgan fingerprint density at radius 1 is 1.18 bits per heavy atom. The predicted octanol–water partition coefficient (Wildman–Crippen LogP) is 4.96. The first-order valence-corrected chi connectivity index (χ1v) is 12.0. The van der Waals surface area contributed by atoms with Crippen molar-refractivity contribution in [3.63, 3.8) is 0 Å². The highest BCUT2D eigenvalue weighted by molar-refractivity contribution is 7.92. The predicted molar refractivity (Wildman–Crippen MR) is 127 cm³/mol. The number of carbonyl (C=O) groups is 1. The van der Waals surface area contributed by atoms with Gasteiger partial charge in [0.25, 0.3) is 10.0 Å². The first-order valence-electron chi connectivity index (χ1n) is 10.2. The summed E-state index contributed by atoms with van der Waals surface area (Å²) in [4.78, 5) is 12.2. The minimum absolute atomic E-state index is 0.0313. The molecular weight excluding hydrogens is 466 g/mol. The van der Waals surface area contributed by atoms with Gasteiger partial charge in [-0.05, 0) is 61.7 Å².